The van der Waals surface area contributed by atoms with E-state index in [1.807, 2.05) is 0 Å². The van der Waals surface area contributed by atoms with E-state index in [2.05, 4.69) is 0 Å². The Morgan fingerprint density at radius 3 is 2.27 bits per heavy atom. The summed E-state index contributed by atoms with van der Waals surface area (Å²) in [6.07, 6.45) is -6.15. The number of hydrogen-bond donors (Lipinski definition) is 2. The molecule has 9 heteroatoms. The van der Waals surface area contributed by atoms with Gasteiger partial charge in [0.05, 0.1) is 6.42 Å². The molecule has 0 spiro atoms. The average Bonchev–Trinajstić information content (AvgIpc) is 2.44. The van der Waals surface area contributed by atoms with E-state index in [0.717, 1.165) is 0 Å². The maximum Gasteiger partial charge on any atom is 0.471 e. The first kappa shape index (κ1) is 17.5. The number of nitrogens with one attached hydrogen (secondary N) is 1. The third-order valence-corrected chi connectivity index (χ3v) is 2.47. The molecule has 1 aromatic carbocycles. The molecule has 1 amide bonds. The van der Waals surface area contributed by atoms with Crippen molar-refractivity contribution >= 4 is 17.8 Å². The van der Waals surface area contributed by atoms with Crippen molar-refractivity contribution in [2.45, 2.75) is 25.2 Å². The number of rotatable bonds is 6. The number of alkyl halides is 3. The van der Waals surface area contributed by atoms with Crippen molar-refractivity contribution in [3.63, 3.8) is 0 Å². The van der Waals surface area contributed by atoms with E-state index in [0.29, 0.717) is 5.56 Å². The van der Waals surface area contributed by atoms with Crippen LogP contribution in [0.1, 0.15) is 12.0 Å². The minimum absolute atomic E-state index is 0.154. The van der Waals surface area contributed by atoms with Gasteiger partial charge in [-0.1, -0.05) is 30.3 Å². The Balaban J connectivity index is 2.54. The molecule has 22 heavy (non-hydrogen) atoms. The van der Waals surface area contributed by atoms with E-state index in [1.54, 1.807) is 30.3 Å². The minimum Gasteiger partial charge on any atom is -0.480 e. The molecule has 0 radical (unpaired) electrons. The van der Waals surface area contributed by atoms with Crippen LogP contribution in [0.15, 0.2) is 30.3 Å². The lowest BCUT2D eigenvalue weighted by atomic mass is 10.2. The van der Waals surface area contributed by atoms with Gasteiger partial charge in [-0.2, -0.15) is 13.2 Å². The zero-order valence-corrected chi connectivity index (χ0v) is 11.1. The van der Waals surface area contributed by atoms with Gasteiger partial charge in [0, 0.05) is 0 Å². The van der Waals surface area contributed by atoms with Crippen molar-refractivity contribution in [2.24, 2.45) is 0 Å². The summed E-state index contributed by atoms with van der Waals surface area (Å²) in [5.41, 5.74) is 0.627. The van der Waals surface area contributed by atoms with Crippen LogP contribution in [-0.2, 0) is 25.7 Å². The number of carbonyl (C=O) groups excluding carboxylic acids is 2. The number of benzene rings is 1. The van der Waals surface area contributed by atoms with Gasteiger partial charge in [-0.25, -0.2) is 4.79 Å². The lowest BCUT2D eigenvalue weighted by Gasteiger charge is -2.15. The Morgan fingerprint density at radius 1 is 1.18 bits per heavy atom. The van der Waals surface area contributed by atoms with Gasteiger partial charge in [0.2, 0.25) is 0 Å². The fourth-order valence-electron chi connectivity index (χ4n) is 1.40. The second kappa shape index (κ2) is 7.43. The number of carboxylic acids is 1. The summed E-state index contributed by atoms with van der Waals surface area (Å²) in [6, 6.07) is 6.39. The normalized spacial score (nSPS) is 12.3. The van der Waals surface area contributed by atoms with Gasteiger partial charge in [0.1, 0.15) is 12.6 Å². The SMILES string of the molecule is O=C(C[C@@H](NC(=O)C(F)(F)F)C(=O)O)OCc1ccccc1. The summed E-state index contributed by atoms with van der Waals surface area (Å²) in [5, 5.41) is 9.95. The van der Waals surface area contributed by atoms with Crippen molar-refractivity contribution in [3.8, 4) is 0 Å². The van der Waals surface area contributed by atoms with Crippen molar-refractivity contribution in [2.75, 3.05) is 0 Å². The molecule has 0 aliphatic carbocycles. The molecular formula is C13H12F3NO5. The molecule has 0 saturated heterocycles. The first-order valence-electron chi connectivity index (χ1n) is 6.00. The van der Waals surface area contributed by atoms with Crippen LogP contribution in [0.4, 0.5) is 13.2 Å². The zero-order valence-electron chi connectivity index (χ0n) is 11.1. The highest BCUT2D eigenvalue weighted by Gasteiger charge is 2.41. The van der Waals surface area contributed by atoms with Crippen LogP contribution < -0.4 is 5.32 Å². The van der Waals surface area contributed by atoms with Crippen LogP contribution >= 0.6 is 0 Å². The van der Waals surface area contributed by atoms with Crippen LogP contribution in [0, 0.1) is 0 Å². The zero-order chi connectivity index (χ0) is 16.8. The molecule has 0 saturated carbocycles. The monoisotopic (exact) mass is 319 g/mol. The first-order valence-corrected chi connectivity index (χ1v) is 6.00. The Morgan fingerprint density at radius 2 is 1.77 bits per heavy atom. The molecule has 120 valence electrons. The van der Waals surface area contributed by atoms with E-state index in [-0.39, 0.29) is 6.61 Å². The number of ether oxygens (including phenoxy) is 1. The average molecular weight is 319 g/mol. The number of halogens is 3. The number of carbonyl (C=O) groups is 3. The summed E-state index contributed by atoms with van der Waals surface area (Å²) in [7, 11) is 0. The van der Waals surface area contributed by atoms with Crippen LogP contribution in [-0.4, -0.2) is 35.2 Å². The summed E-state index contributed by atoms with van der Waals surface area (Å²) < 4.78 is 40.9. The smallest absolute Gasteiger partial charge is 0.471 e. The maximum atomic E-state index is 12.1. The van der Waals surface area contributed by atoms with E-state index >= 15 is 0 Å². The molecule has 0 fully saturated rings. The highest BCUT2D eigenvalue weighted by Crippen LogP contribution is 2.15. The second-order valence-electron chi connectivity index (χ2n) is 4.21. The number of esters is 1. The van der Waals surface area contributed by atoms with Crippen molar-refractivity contribution in [3.05, 3.63) is 35.9 Å². The Labute approximate surface area is 122 Å². The first-order chi connectivity index (χ1) is 10.2. The van der Waals surface area contributed by atoms with E-state index in [9.17, 15) is 27.6 Å². The summed E-state index contributed by atoms with van der Waals surface area (Å²) >= 11 is 0. The molecule has 6 nitrogen and oxygen atoms in total. The van der Waals surface area contributed by atoms with Gasteiger partial charge in [-0.05, 0) is 5.56 Å². The number of hydrogen-bond acceptors (Lipinski definition) is 4. The molecule has 0 aliphatic heterocycles. The molecule has 1 rings (SSSR count). The van der Waals surface area contributed by atoms with Crippen LogP contribution in [0.5, 0.6) is 0 Å². The third kappa shape index (κ3) is 5.81. The lowest BCUT2D eigenvalue weighted by molar-refractivity contribution is -0.176. The van der Waals surface area contributed by atoms with Crippen LogP contribution in [0.2, 0.25) is 0 Å². The number of aliphatic carboxylic acids is 1. The molecular weight excluding hydrogens is 307 g/mol. The Hall–Kier alpha value is -2.58. The molecule has 0 aliphatic rings. The van der Waals surface area contributed by atoms with Gasteiger partial charge in [0.15, 0.2) is 0 Å². The predicted molar refractivity (Wildman–Crippen MR) is 66.5 cm³/mol. The standard InChI is InChI=1S/C13H12F3NO5/c14-13(15,16)12(21)17-9(11(19)20)6-10(18)22-7-8-4-2-1-3-5-8/h1-5,9H,6-7H2,(H,17,21)(H,19,20)/t9-/m1/s1. The quantitative estimate of drug-likeness (QED) is 0.770. The van der Waals surface area contributed by atoms with E-state index in [1.165, 1.54) is 5.32 Å². The highest BCUT2D eigenvalue weighted by atomic mass is 19.4. The topological polar surface area (TPSA) is 92.7 Å². The molecule has 0 aromatic heterocycles. The summed E-state index contributed by atoms with van der Waals surface area (Å²) in [5.74, 6) is -5.25. The fourth-order valence-corrected chi connectivity index (χ4v) is 1.40. The lowest BCUT2D eigenvalue weighted by Crippen LogP contribution is -2.47. The molecule has 0 heterocycles. The molecule has 2 N–H and O–H groups in total. The van der Waals surface area contributed by atoms with Crippen molar-refractivity contribution in [1.29, 1.82) is 0 Å². The second-order valence-corrected chi connectivity index (χ2v) is 4.21. The van der Waals surface area contributed by atoms with Gasteiger partial charge >= 0.3 is 24.0 Å². The molecule has 1 atom stereocenters. The van der Waals surface area contributed by atoms with Crippen LogP contribution in [0.3, 0.4) is 0 Å². The summed E-state index contributed by atoms with van der Waals surface area (Å²) in [4.78, 5) is 32.9. The summed E-state index contributed by atoms with van der Waals surface area (Å²) in [6.45, 7) is -0.154. The molecule has 1 aromatic rings. The van der Waals surface area contributed by atoms with Gasteiger partial charge in [-0.15, -0.1) is 0 Å². The van der Waals surface area contributed by atoms with Gasteiger partial charge < -0.3 is 15.2 Å². The van der Waals surface area contributed by atoms with Crippen LogP contribution in [0.25, 0.3) is 0 Å². The van der Waals surface area contributed by atoms with Crippen molar-refractivity contribution < 1.29 is 37.4 Å². The largest absolute Gasteiger partial charge is 0.480 e. The third-order valence-electron chi connectivity index (χ3n) is 2.47. The number of amides is 1. The van der Waals surface area contributed by atoms with E-state index < -0.39 is 36.5 Å². The van der Waals surface area contributed by atoms with Crippen molar-refractivity contribution in [1.82, 2.24) is 5.32 Å². The fraction of sp³-hybridized carbons (Fsp3) is 0.308. The van der Waals surface area contributed by atoms with Gasteiger partial charge in [-0.3, -0.25) is 9.59 Å². The molecule has 0 unspecified atom stereocenters. The molecule has 0 bridgehead atoms. The Kier molecular flexibility index (Phi) is 5.90. The number of carboxylic acid groups (broad SMARTS) is 1. The maximum absolute atomic E-state index is 12.1. The van der Waals surface area contributed by atoms with Gasteiger partial charge in [0.25, 0.3) is 0 Å². The highest BCUT2D eigenvalue weighted by molar-refractivity contribution is 5.89. The Bertz CT molecular complexity index is 544. The predicted octanol–water partition coefficient (Wildman–Crippen LogP) is 1.25. The van der Waals surface area contributed by atoms with E-state index in [4.69, 9.17) is 9.84 Å². The minimum atomic E-state index is -5.23.